The van der Waals surface area contributed by atoms with Crippen molar-refractivity contribution in [3.8, 4) is 12.1 Å². The number of carbonyl (C=O) groups excluding carboxylic acids is 4. The van der Waals surface area contributed by atoms with Crippen molar-refractivity contribution in [3.05, 3.63) is 22.2 Å². The molecule has 13 unspecified atom stereocenters. The van der Waals surface area contributed by atoms with Gasteiger partial charge in [-0.05, 0) is 129 Å². The van der Waals surface area contributed by atoms with Gasteiger partial charge in [-0.1, -0.05) is 73.1 Å². The van der Waals surface area contributed by atoms with Crippen LogP contribution in [0, 0.1) is 41.4 Å². The zero-order valence-corrected chi connectivity index (χ0v) is 63.6. The van der Waals surface area contributed by atoms with Crippen molar-refractivity contribution in [2.75, 3.05) is 83.3 Å². The van der Waals surface area contributed by atoms with Crippen molar-refractivity contribution in [3.63, 3.8) is 0 Å². The summed E-state index contributed by atoms with van der Waals surface area (Å²) in [5, 5.41) is 40.6. The number of unbranched alkanes of at least 4 members (excludes halogenated alkanes) is 8. The minimum Gasteiger partial charge on any atom is -0.412 e. The van der Waals surface area contributed by atoms with Crippen molar-refractivity contribution in [1.29, 1.82) is 10.5 Å². The Morgan fingerprint density at radius 3 is 1.95 bits per heavy atom. The number of phosphoric acid groups is 2. The number of anilines is 1. The SMILES string of the molecule is [3H]C1CC(OP(=O)(OCCC#N)OCCCNCCC[Si](C)(C)OC(C)(C(C)C)C(C)CC)C(COP(=O)(OCCC#N)OC2CC(n3cc(C)c(NCCCCCCNC(=O)CCCCCNC(=O)CCCCCNC(=O)CCCCC4SCC5NC(=O)NC54)nc3=O)OC2CC)O1. The molecule has 1 aromatic rings. The highest BCUT2D eigenvalue weighted by Gasteiger charge is 2.46. The molecule has 0 aliphatic carbocycles. The summed E-state index contributed by atoms with van der Waals surface area (Å²) in [4.78, 5) is 66.5. The fraction of sp³-hybridized carbons (Fsp3) is 0.851. The molecule has 5 amide bonds. The average molecular weight is 1460 g/mol. The number of thioether (sulfide) groups is 1. The van der Waals surface area contributed by atoms with Gasteiger partial charge >= 0.3 is 27.4 Å². The number of nitrogens with zero attached hydrogens (tertiary/aromatic N) is 4. The normalized spacial score (nSPS) is 23.7. The van der Waals surface area contributed by atoms with E-state index in [1.165, 1.54) is 4.57 Å². The van der Waals surface area contributed by atoms with Gasteiger partial charge < -0.3 is 51.1 Å². The number of hydrogen-bond donors (Lipinski definition) is 7. The summed E-state index contributed by atoms with van der Waals surface area (Å²) < 4.78 is 92.3. The number of ether oxygens (including phenoxy) is 2. The Kier molecular flexibility index (Phi) is 38.2. The maximum Gasteiger partial charge on any atom is 0.475 e. The molecule has 4 aliphatic rings. The van der Waals surface area contributed by atoms with Gasteiger partial charge in [0.05, 0.1) is 82.7 Å². The number of carbonyl (C=O) groups is 4. The summed E-state index contributed by atoms with van der Waals surface area (Å²) >= 11 is 1.89. The second kappa shape index (κ2) is 45.2. The zero-order chi connectivity index (χ0) is 72.3. The first-order valence-electron chi connectivity index (χ1n) is 36.8. The number of nitrogens with one attached hydrogen (secondary N) is 7. The van der Waals surface area contributed by atoms with Crippen LogP contribution in [-0.2, 0) is 64.6 Å². The van der Waals surface area contributed by atoms with Gasteiger partial charge in [-0.25, -0.2) is 18.7 Å². The van der Waals surface area contributed by atoms with Gasteiger partial charge in [0.15, 0.2) is 8.32 Å². The van der Waals surface area contributed by atoms with Gasteiger partial charge in [-0.3, -0.25) is 46.1 Å². The fourth-order valence-electron chi connectivity index (χ4n) is 12.4. The van der Waals surface area contributed by atoms with Crippen molar-refractivity contribution >= 4 is 65.3 Å². The zero-order valence-electron chi connectivity index (χ0n) is 61.0. The minimum atomic E-state index is -4.54. The van der Waals surface area contributed by atoms with E-state index in [1.54, 1.807) is 6.20 Å². The van der Waals surface area contributed by atoms with Crippen LogP contribution >= 0.6 is 27.4 Å². The van der Waals surface area contributed by atoms with Crippen molar-refractivity contribution in [2.24, 2.45) is 11.8 Å². The quantitative estimate of drug-likeness (QED) is 0.0138. The molecule has 4 saturated heterocycles. The monoisotopic (exact) mass is 1460 g/mol. The third-order valence-electron chi connectivity index (χ3n) is 18.6. The number of aromatic nitrogens is 2. The lowest BCUT2D eigenvalue weighted by molar-refractivity contribution is -0.122. The number of phosphoric ester groups is 2. The molecule has 558 valence electrons. The first-order chi connectivity index (χ1) is 47.4. The van der Waals surface area contributed by atoms with E-state index >= 15 is 0 Å². The van der Waals surface area contributed by atoms with E-state index < -0.39 is 73.5 Å². The number of amides is 5. The summed E-state index contributed by atoms with van der Waals surface area (Å²) in [7, 11) is -10.8. The number of aryl methyl sites for hydroxylation is 1. The summed E-state index contributed by atoms with van der Waals surface area (Å²) in [5.74, 6) is 2.30. The van der Waals surface area contributed by atoms with Crippen LogP contribution in [0.5, 0.6) is 0 Å². The Bertz CT molecular complexity index is 2870. The lowest BCUT2D eigenvalue weighted by Gasteiger charge is -2.45. The molecule has 0 aromatic carbocycles. The van der Waals surface area contributed by atoms with Crippen LogP contribution in [0.25, 0.3) is 0 Å². The Morgan fingerprint density at radius 1 is 0.776 bits per heavy atom. The highest BCUT2D eigenvalue weighted by molar-refractivity contribution is 8.00. The first-order valence-corrected chi connectivity index (χ1v) is 43.3. The summed E-state index contributed by atoms with van der Waals surface area (Å²) in [6.45, 7) is 20.8. The van der Waals surface area contributed by atoms with Crippen molar-refractivity contribution in [1.82, 2.24) is 41.5 Å². The molecule has 27 nitrogen and oxygen atoms in total. The topological polar surface area (TPSA) is 352 Å². The van der Waals surface area contributed by atoms with E-state index in [0.717, 1.165) is 115 Å². The fourth-order valence-corrected chi connectivity index (χ4v) is 19.5. The second-order valence-electron chi connectivity index (χ2n) is 27.2. The van der Waals surface area contributed by atoms with Crippen LogP contribution in [0.2, 0.25) is 19.1 Å². The largest absolute Gasteiger partial charge is 0.475 e. The molecule has 0 spiro atoms. The maximum atomic E-state index is 14.5. The van der Waals surface area contributed by atoms with Crippen LogP contribution in [0.15, 0.2) is 11.0 Å². The predicted molar refractivity (Wildman–Crippen MR) is 381 cm³/mol. The Balaban J connectivity index is 0.936. The molecule has 98 heavy (non-hydrogen) atoms. The van der Waals surface area contributed by atoms with Gasteiger partial charge in [-0.15, -0.1) is 0 Å². The van der Waals surface area contributed by atoms with Gasteiger partial charge in [0.1, 0.15) is 24.3 Å². The van der Waals surface area contributed by atoms with Gasteiger partial charge in [0.25, 0.3) is 0 Å². The summed E-state index contributed by atoms with van der Waals surface area (Å²) in [6.07, 6.45) is 12.0. The Morgan fingerprint density at radius 2 is 1.35 bits per heavy atom. The molecule has 1 aromatic heterocycles. The number of nitriles is 2. The molecule has 0 radical (unpaired) electrons. The highest BCUT2D eigenvalue weighted by atomic mass is 32.2. The number of hydrogen-bond acceptors (Lipinski definition) is 22. The second-order valence-corrected chi connectivity index (χ2v) is 35.9. The maximum absolute atomic E-state index is 14.5. The van der Waals surface area contributed by atoms with E-state index in [0.29, 0.717) is 93.3 Å². The van der Waals surface area contributed by atoms with Gasteiger partial charge in [0, 0.05) is 87.6 Å². The predicted octanol–water partition coefficient (Wildman–Crippen LogP) is 11.1. The first kappa shape index (κ1) is 82.9. The molecule has 31 heteroatoms. The molecule has 5 heterocycles. The van der Waals surface area contributed by atoms with Crippen LogP contribution < -0.4 is 42.9 Å². The van der Waals surface area contributed by atoms with Crippen LogP contribution in [-0.4, -0.2) is 167 Å². The third kappa shape index (κ3) is 30.5. The smallest absolute Gasteiger partial charge is 0.412 e. The van der Waals surface area contributed by atoms with E-state index in [4.69, 9.17) is 42.4 Å². The van der Waals surface area contributed by atoms with E-state index in [1.807, 2.05) is 37.7 Å². The molecule has 4 fully saturated rings. The average Bonchev–Trinajstić information content (AvgIpc) is 1.80. The van der Waals surface area contributed by atoms with E-state index in [-0.39, 0.29) is 86.9 Å². The molecule has 13 atom stereocenters. The highest BCUT2D eigenvalue weighted by Crippen LogP contribution is 2.55. The lowest BCUT2D eigenvalue weighted by Crippen LogP contribution is -2.50. The molecule has 0 saturated carbocycles. The Hall–Kier alpha value is -4.03. The van der Waals surface area contributed by atoms with Crippen molar-refractivity contribution in [2.45, 2.75) is 275 Å². The van der Waals surface area contributed by atoms with Crippen LogP contribution in [0.1, 0.15) is 209 Å². The standard InChI is InChI=1S/C67H119N11O16P2SSi/c1-10-52(6)67(7,50(3)4)94-98(8,9)45-27-36-70-35-26-43-89-95(84,87-41-24-33-68)92-55-32-44-86-57(55)48-90-96(85,88-42-25-34-69)93-56-46-62(91-54(56)11-2)78-47-51(5)64(77-66(78)83)74-40-21-13-12-20-37-71-59(79)29-16-14-22-38-72-60(80)30-17-15-23-39-73-61(81)31-19-18-28-58-63-53(49-97-58)75-65(82)76-63/h47,50,52-58,62-63,70H,10-32,35-46,48-49H2,1-9H3,(H,71,79)(H,72,80)(H,73,81)(H,74,77,83)(H2,75,76,82)/i44T. The molecule has 0 bridgehead atoms. The van der Waals surface area contributed by atoms with Crippen molar-refractivity contribution < 1.29 is 70.7 Å². The molecular weight excluding hydrogens is 1340 g/mol. The Labute approximate surface area is 590 Å². The van der Waals surface area contributed by atoms with Crippen LogP contribution in [0.4, 0.5) is 10.6 Å². The summed E-state index contributed by atoms with van der Waals surface area (Å²) in [5.41, 5.74) is -0.0618. The minimum absolute atomic E-state index is 0.00612. The molecular formula is C67H119N11O16P2SSi. The van der Waals surface area contributed by atoms with E-state index in [2.05, 4.69) is 89.9 Å². The molecule has 7 N–H and O–H groups in total. The molecule has 4 aliphatic heterocycles. The van der Waals surface area contributed by atoms with E-state index in [9.17, 15) is 43.6 Å². The number of urea groups is 1. The van der Waals surface area contributed by atoms with Crippen LogP contribution in [0.3, 0.4) is 0 Å². The number of rotatable bonds is 54. The van der Waals surface area contributed by atoms with Gasteiger partial charge in [-0.2, -0.15) is 27.3 Å². The molecule has 5 rings (SSSR count). The lowest BCUT2D eigenvalue weighted by atomic mass is 9.80. The third-order valence-corrected chi connectivity index (χ3v) is 25.7. The number of fused-ring (bicyclic) bond motifs is 1. The summed E-state index contributed by atoms with van der Waals surface area (Å²) in [6, 6.07) is 5.23. The van der Waals surface area contributed by atoms with Gasteiger partial charge in [0.2, 0.25) is 17.7 Å².